The third kappa shape index (κ3) is 4.68. The Morgan fingerprint density at radius 3 is 2.60 bits per heavy atom. The van der Waals surface area contributed by atoms with Gasteiger partial charge in [0.15, 0.2) is 0 Å². The highest BCUT2D eigenvalue weighted by atomic mass is 16.6. The number of carboxylic acids is 1. The average Bonchev–Trinajstić information content (AvgIpc) is 2.37. The van der Waals surface area contributed by atoms with E-state index in [0.29, 0.717) is 30.5 Å². The number of nitrogens with one attached hydrogen (secondary N) is 1. The molecule has 20 heavy (non-hydrogen) atoms. The molecule has 0 radical (unpaired) electrons. The summed E-state index contributed by atoms with van der Waals surface area (Å²) in [5.74, 6) is -1.17. The van der Waals surface area contributed by atoms with Crippen molar-refractivity contribution < 1.29 is 19.6 Å². The van der Waals surface area contributed by atoms with Crippen molar-refractivity contribution in [2.75, 3.05) is 6.54 Å². The molecule has 7 heteroatoms. The predicted octanol–water partition coefficient (Wildman–Crippen LogP) is 1.89. The van der Waals surface area contributed by atoms with E-state index < -0.39 is 10.9 Å². The van der Waals surface area contributed by atoms with Crippen molar-refractivity contribution >= 4 is 17.6 Å². The first-order chi connectivity index (χ1) is 9.41. The van der Waals surface area contributed by atoms with Crippen molar-refractivity contribution in [1.82, 2.24) is 5.32 Å². The summed E-state index contributed by atoms with van der Waals surface area (Å²) in [5, 5.41) is 21.7. The molecule has 0 heterocycles. The van der Waals surface area contributed by atoms with Gasteiger partial charge in [0.2, 0.25) is 0 Å². The maximum Gasteiger partial charge on any atom is 0.303 e. The van der Waals surface area contributed by atoms with Gasteiger partial charge in [-0.3, -0.25) is 19.7 Å². The van der Waals surface area contributed by atoms with Crippen LogP contribution in [0.3, 0.4) is 0 Å². The minimum atomic E-state index is -0.859. The Balaban J connectivity index is 2.51. The van der Waals surface area contributed by atoms with Gasteiger partial charge in [0.1, 0.15) is 0 Å². The Bertz CT molecular complexity index is 527. The molecule has 0 unspecified atom stereocenters. The summed E-state index contributed by atoms with van der Waals surface area (Å²) in [5.41, 5.74) is 0.858. The second kappa shape index (κ2) is 7.22. The number of non-ortho nitro benzene ring substituents is 1. The van der Waals surface area contributed by atoms with Crippen LogP contribution in [-0.4, -0.2) is 28.5 Å². The Kier molecular flexibility index (Phi) is 5.64. The number of aryl methyl sites for hydroxylation is 1. The topological polar surface area (TPSA) is 110 Å². The van der Waals surface area contributed by atoms with Crippen molar-refractivity contribution in [1.29, 1.82) is 0 Å². The molecule has 0 saturated carbocycles. The Labute approximate surface area is 115 Å². The normalized spacial score (nSPS) is 10.1. The SMILES string of the molecule is Cc1cc([N+](=O)[O-])ccc1C(=O)NCCCCC(=O)O. The fraction of sp³-hybridized carbons (Fsp3) is 0.385. The zero-order valence-electron chi connectivity index (χ0n) is 11.1. The molecular formula is C13H16N2O5. The second-order valence-electron chi connectivity index (χ2n) is 4.36. The van der Waals surface area contributed by atoms with Crippen LogP contribution in [-0.2, 0) is 4.79 Å². The number of amides is 1. The lowest BCUT2D eigenvalue weighted by Gasteiger charge is -2.07. The van der Waals surface area contributed by atoms with Crippen LogP contribution in [0.1, 0.15) is 35.2 Å². The highest BCUT2D eigenvalue weighted by molar-refractivity contribution is 5.95. The van der Waals surface area contributed by atoms with Crippen LogP contribution in [0.25, 0.3) is 0 Å². The Morgan fingerprint density at radius 1 is 1.35 bits per heavy atom. The lowest BCUT2D eigenvalue weighted by atomic mass is 10.1. The maximum absolute atomic E-state index is 11.8. The first-order valence-electron chi connectivity index (χ1n) is 6.17. The smallest absolute Gasteiger partial charge is 0.303 e. The second-order valence-corrected chi connectivity index (χ2v) is 4.36. The zero-order chi connectivity index (χ0) is 15.1. The van der Waals surface area contributed by atoms with Gasteiger partial charge < -0.3 is 10.4 Å². The Hall–Kier alpha value is -2.44. The molecule has 1 aromatic carbocycles. The number of nitro groups is 1. The molecule has 0 fully saturated rings. The van der Waals surface area contributed by atoms with Crippen molar-refractivity contribution in [3.05, 3.63) is 39.4 Å². The molecule has 0 aromatic heterocycles. The van der Waals surface area contributed by atoms with Gasteiger partial charge in [-0.1, -0.05) is 0 Å². The minimum Gasteiger partial charge on any atom is -0.481 e. The van der Waals surface area contributed by atoms with Crippen LogP contribution in [0, 0.1) is 17.0 Å². The number of nitro benzene ring substituents is 1. The highest BCUT2D eigenvalue weighted by Gasteiger charge is 2.12. The molecule has 0 spiro atoms. The maximum atomic E-state index is 11.8. The van der Waals surface area contributed by atoms with E-state index in [-0.39, 0.29) is 18.0 Å². The van der Waals surface area contributed by atoms with E-state index in [2.05, 4.69) is 5.32 Å². The molecule has 2 N–H and O–H groups in total. The number of benzene rings is 1. The van der Waals surface area contributed by atoms with Crippen molar-refractivity contribution in [2.45, 2.75) is 26.2 Å². The van der Waals surface area contributed by atoms with E-state index in [1.165, 1.54) is 18.2 Å². The minimum absolute atomic E-state index is 0.0551. The average molecular weight is 280 g/mol. The van der Waals surface area contributed by atoms with Gasteiger partial charge in [-0.05, 0) is 31.4 Å². The van der Waals surface area contributed by atoms with E-state index in [1.807, 2.05) is 0 Å². The van der Waals surface area contributed by atoms with Gasteiger partial charge in [0.25, 0.3) is 11.6 Å². The molecule has 0 bridgehead atoms. The molecule has 0 aliphatic carbocycles. The lowest BCUT2D eigenvalue weighted by molar-refractivity contribution is -0.384. The quantitative estimate of drug-likeness (QED) is 0.450. The van der Waals surface area contributed by atoms with Gasteiger partial charge in [0, 0.05) is 30.7 Å². The number of unbranched alkanes of at least 4 members (excludes halogenated alkanes) is 1. The number of rotatable bonds is 7. The first-order valence-corrected chi connectivity index (χ1v) is 6.17. The van der Waals surface area contributed by atoms with Crippen LogP contribution < -0.4 is 5.32 Å². The van der Waals surface area contributed by atoms with Crippen molar-refractivity contribution in [2.24, 2.45) is 0 Å². The summed E-state index contributed by atoms with van der Waals surface area (Å²) in [4.78, 5) is 32.2. The highest BCUT2D eigenvalue weighted by Crippen LogP contribution is 2.16. The van der Waals surface area contributed by atoms with Crippen LogP contribution >= 0.6 is 0 Å². The third-order valence-electron chi connectivity index (χ3n) is 2.77. The summed E-state index contributed by atoms with van der Waals surface area (Å²) in [7, 11) is 0. The number of carboxylic acid groups (broad SMARTS) is 1. The fourth-order valence-electron chi connectivity index (χ4n) is 1.71. The van der Waals surface area contributed by atoms with Crippen LogP contribution in [0.4, 0.5) is 5.69 Å². The summed E-state index contributed by atoms with van der Waals surface area (Å²) in [6.45, 7) is 2.01. The molecule has 0 aliphatic heterocycles. The first kappa shape index (κ1) is 15.6. The molecular weight excluding hydrogens is 264 g/mol. The number of hydrogen-bond acceptors (Lipinski definition) is 4. The van der Waals surface area contributed by atoms with Gasteiger partial charge in [0.05, 0.1) is 4.92 Å². The number of nitrogens with zero attached hydrogens (tertiary/aromatic N) is 1. The van der Waals surface area contributed by atoms with Crippen LogP contribution in [0.2, 0.25) is 0 Å². The van der Waals surface area contributed by atoms with Gasteiger partial charge in [-0.25, -0.2) is 0 Å². The van der Waals surface area contributed by atoms with Gasteiger partial charge in [-0.15, -0.1) is 0 Å². The molecule has 1 rings (SSSR count). The molecule has 7 nitrogen and oxygen atoms in total. The molecule has 0 aliphatic rings. The lowest BCUT2D eigenvalue weighted by Crippen LogP contribution is -2.25. The third-order valence-corrected chi connectivity index (χ3v) is 2.77. The zero-order valence-corrected chi connectivity index (χ0v) is 11.1. The summed E-state index contributed by atoms with van der Waals surface area (Å²) in [6.07, 6.45) is 1.14. The van der Waals surface area contributed by atoms with Crippen molar-refractivity contribution in [3.63, 3.8) is 0 Å². The number of carbonyl (C=O) groups excluding carboxylic acids is 1. The summed E-state index contributed by atoms with van der Waals surface area (Å²) < 4.78 is 0. The van der Waals surface area contributed by atoms with E-state index >= 15 is 0 Å². The van der Waals surface area contributed by atoms with Gasteiger partial charge >= 0.3 is 5.97 Å². The molecule has 0 saturated heterocycles. The standard InChI is InChI=1S/C13H16N2O5/c1-9-8-10(15(19)20)5-6-11(9)13(18)14-7-3-2-4-12(16)17/h5-6,8H,2-4,7H2,1H3,(H,14,18)(H,16,17). The largest absolute Gasteiger partial charge is 0.481 e. The number of hydrogen-bond donors (Lipinski definition) is 2. The number of aliphatic carboxylic acids is 1. The Morgan fingerprint density at radius 2 is 2.05 bits per heavy atom. The monoisotopic (exact) mass is 280 g/mol. The number of carbonyl (C=O) groups is 2. The summed E-state index contributed by atoms with van der Waals surface area (Å²) in [6, 6.07) is 4.05. The van der Waals surface area contributed by atoms with E-state index in [4.69, 9.17) is 5.11 Å². The summed E-state index contributed by atoms with van der Waals surface area (Å²) >= 11 is 0. The van der Waals surface area contributed by atoms with Gasteiger partial charge in [-0.2, -0.15) is 0 Å². The molecule has 108 valence electrons. The van der Waals surface area contributed by atoms with E-state index in [9.17, 15) is 19.7 Å². The van der Waals surface area contributed by atoms with E-state index in [0.717, 1.165) is 0 Å². The van der Waals surface area contributed by atoms with E-state index in [1.54, 1.807) is 6.92 Å². The van der Waals surface area contributed by atoms with Crippen LogP contribution in [0.5, 0.6) is 0 Å². The molecule has 1 aromatic rings. The molecule has 0 atom stereocenters. The molecule has 1 amide bonds. The van der Waals surface area contributed by atoms with Crippen molar-refractivity contribution in [3.8, 4) is 0 Å². The predicted molar refractivity (Wildman–Crippen MR) is 71.7 cm³/mol. The van der Waals surface area contributed by atoms with Crippen LogP contribution in [0.15, 0.2) is 18.2 Å². The fourth-order valence-corrected chi connectivity index (χ4v) is 1.71.